The number of likely N-dealkylation sites (N-methyl/N-ethyl adjacent to an activating group) is 1. The molecule has 0 saturated heterocycles. The van der Waals surface area contributed by atoms with E-state index in [-0.39, 0.29) is 35.7 Å². The molecule has 0 atom stereocenters. The van der Waals surface area contributed by atoms with Crippen molar-refractivity contribution in [3.8, 4) is 11.5 Å². The number of rotatable bonds is 18. The molecule has 12 aromatic heterocycles. The fourth-order valence-electron chi connectivity index (χ4n) is 12.5. The van der Waals surface area contributed by atoms with Crippen LogP contribution in [0, 0.1) is 23.6 Å². The summed E-state index contributed by atoms with van der Waals surface area (Å²) in [4.78, 5) is 43.8. The predicted molar refractivity (Wildman–Crippen MR) is 432 cm³/mol. The number of halogens is 1. The first-order valence-corrected chi connectivity index (χ1v) is 36.3. The molecule has 0 aliphatic carbocycles. The molecule has 0 fully saturated rings. The van der Waals surface area contributed by atoms with Crippen LogP contribution in [0.1, 0.15) is 74.7 Å². The van der Waals surface area contributed by atoms with E-state index in [1.54, 1.807) is 55.1 Å². The number of H-pyrrole nitrogens is 2. The summed E-state index contributed by atoms with van der Waals surface area (Å²) in [5.74, 6) is 3.04. The molecule has 114 heavy (non-hydrogen) atoms. The van der Waals surface area contributed by atoms with Gasteiger partial charge in [0.05, 0.1) is 41.6 Å². The molecule has 0 bridgehead atoms. The van der Waals surface area contributed by atoms with Crippen LogP contribution in [0.3, 0.4) is 0 Å². The second-order valence-corrected chi connectivity index (χ2v) is 29.5. The van der Waals surface area contributed by atoms with Gasteiger partial charge in [-0.1, -0.05) is 85.9 Å². The number of ether oxygens (including phenoxy) is 3. The van der Waals surface area contributed by atoms with Gasteiger partial charge >= 0.3 is 6.09 Å². The number of methoxy groups -OCH3 is 1. The number of nitrogens with zero attached hydrogens (tertiary/aromatic N) is 15. The van der Waals surface area contributed by atoms with Crippen molar-refractivity contribution >= 4 is 146 Å². The maximum absolute atomic E-state index is 13.3. The van der Waals surface area contributed by atoms with Gasteiger partial charge in [0.15, 0.2) is 45.6 Å². The zero-order valence-electron chi connectivity index (χ0n) is 63.8. The second kappa shape index (κ2) is 32.2. The first-order chi connectivity index (χ1) is 55.1. The van der Waals surface area contributed by atoms with Gasteiger partial charge in [-0.05, 0) is 166 Å². The molecular formula is C83H78FN21O9. The first kappa shape index (κ1) is 74.9. The number of aromatic amines is 2. The van der Waals surface area contributed by atoms with Gasteiger partial charge in [-0.15, -0.1) is 10.2 Å². The molecule has 18 rings (SSSR count). The topological polar surface area (TPSA) is 362 Å². The van der Waals surface area contributed by atoms with Crippen molar-refractivity contribution in [3.63, 3.8) is 0 Å². The van der Waals surface area contributed by atoms with Crippen molar-refractivity contribution in [2.45, 2.75) is 74.5 Å². The van der Waals surface area contributed by atoms with Crippen LogP contribution in [0.5, 0.6) is 11.5 Å². The minimum Gasteiger partial charge on any atom is -0.487 e. The average Bonchev–Trinajstić information content (AvgIpc) is 1.64. The van der Waals surface area contributed by atoms with E-state index in [1.807, 2.05) is 153 Å². The number of carbonyl (C=O) groups is 2. The Morgan fingerprint density at radius 1 is 0.465 bits per heavy atom. The van der Waals surface area contributed by atoms with Crippen molar-refractivity contribution in [1.29, 1.82) is 0 Å². The molecule has 0 unspecified atom stereocenters. The van der Waals surface area contributed by atoms with E-state index in [2.05, 4.69) is 134 Å². The molecule has 576 valence electrons. The zero-order valence-corrected chi connectivity index (χ0v) is 63.8. The molecule has 0 amide bonds. The molecule has 6 N–H and O–H groups in total. The number of aryl methyl sites for hydroxylation is 1. The third kappa shape index (κ3) is 17.2. The highest BCUT2D eigenvalue weighted by atomic mass is 19.1. The molecule has 0 aliphatic rings. The number of fused-ring (bicyclic) bond motifs is 8. The number of anilines is 8. The largest absolute Gasteiger partial charge is 0.487 e. The molecule has 30 nitrogen and oxygen atoms in total. The van der Waals surface area contributed by atoms with Gasteiger partial charge in [0, 0.05) is 99.4 Å². The molecular weight excluding hydrogens is 1450 g/mol. The average molecular weight is 1530 g/mol. The van der Waals surface area contributed by atoms with E-state index >= 15 is 0 Å². The van der Waals surface area contributed by atoms with Gasteiger partial charge < -0.3 is 58.5 Å². The molecule has 12 heterocycles. The smallest absolute Gasteiger partial charge is 0.435 e. The summed E-state index contributed by atoms with van der Waals surface area (Å²) in [6.45, 7) is 15.8. The maximum atomic E-state index is 13.3. The summed E-state index contributed by atoms with van der Waals surface area (Å²) in [5.41, 5.74) is 16.3. The molecule has 18 aromatic rings. The first-order valence-electron chi connectivity index (χ1n) is 36.3. The molecule has 31 heteroatoms. The van der Waals surface area contributed by atoms with Crippen molar-refractivity contribution in [2.75, 3.05) is 49.0 Å². The summed E-state index contributed by atoms with van der Waals surface area (Å²) in [6.07, 6.45) is 7.87. The Morgan fingerprint density at radius 3 is 1.31 bits per heavy atom. The van der Waals surface area contributed by atoms with Gasteiger partial charge in [0.1, 0.15) is 69.5 Å². The lowest BCUT2D eigenvalue weighted by atomic mass is 9.89. The number of hydrogen-bond acceptors (Lipinski definition) is 26. The van der Waals surface area contributed by atoms with Crippen molar-refractivity contribution < 1.29 is 46.3 Å². The standard InChI is InChI=1S/C22H26N6O2.C21H17N5O2.C20H14FN5O2.C20H21N5O3/c1-22(2,3)12-16-15-9-8-14(11-18(15)30-26-16)24-21-20-17(7-6-10-23-20)28(25-21)19(29)13-27(4)5;1-13-4-7-15(8-5-13)27-12-18-16-9-6-14(11-19(16)28-26-18)23-21-20-17(24-25-21)3-2-10-22-20;21-12-3-1-4-14(9-12)27-11-17-15-7-6-13(10-18(15)28-26-17)23-20-19-16(24-25-20)5-2-8-22-19;1-20(2,3)11-14-13-8-7-12(10-16(13)28-24-14)22-18-17-15(6-5-9-21-17)25(23-18)19(26)27-4/h6-11H,12-13H2,1-5H3,(H,24,25);2-11H,12H2,1H3,(H2,23,24,25);1-10H,11H2,(H2,23,24,25);5-10H,11H2,1-4H3,(H,22,23). The fourth-order valence-corrected chi connectivity index (χ4v) is 12.5. The monoisotopic (exact) mass is 1530 g/mol. The van der Waals surface area contributed by atoms with Crippen LogP contribution >= 0.6 is 0 Å². The number of hydrogen-bond donors (Lipinski definition) is 6. The summed E-state index contributed by atoms with van der Waals surface area (Å²) < 4.78 is 54.0. The summed E-state index contributed by atoms with van der Waals surface area (Å²) in [5, 5.41) is 56.6. The highest BCUT2D eigenvalue weighted by molar-refractivity contribution is 5.98. The van der Waals surface area contributed by atoms with E-state index in [4.69, 9.17) is 32.3 Å². The van der Waals surface area contributed by atoms with Crippen LogP contribution in [-0.2, 0) is 30.8 Å². The van der Waals surface area contributed by atoms with Gasteiger partial charge in [0.2, 0.25) is 0 Å². The molecule has 0 saturated carbocycles. The van der Waals surface area contributed by atoms with E-state index in [1.165, 1.54) is 34.2 Å². The highest BCUT2D eigenvalue weighted by Crippen LogP contribution is 2.35. The lowest BCUT2D eigenvalue weighted by molar-refractivity contribution is 0.0866. The van der Waals surface area contributed by atoms with Gasteiger partial charge in [0.25, 0.3) is 5.91 Å². The molecule has 0 radical (unpaired) electrons. The normalized spacial score (nSPS) is 11.6. The van der Waals surface area contributed by atoms with Crippen LogP contribution in [0.2, 0.25) is 0 Å². The number of nitrogens with one attached hydrogen (secondary N) is 6. The van der Waals surface area contributed by atoms with E-state index in [9.17, 15) is 14.0 Å². The number of pyridine rings is 4. The predicted octanol–water partition coefficient (Wildman–Crippen LogP) is 17.9. The zero-order chi connectivity index (χ0) is 79.2. The lowest BCUT2D eigenvalue weighted by Gasteiger charge is -2.15. The summed E-state index contributed by atoms with van der Waals surface area (Å²) in [6, 6.07) is 51.6. The SMILES string of the molecule is CN(C)CC(=O)n1nc(Nc2ccc3c(CC(C)(C)C)noc3c2)c2ncccc21.COC(=O)n1nc(Nc2ccc3c(CC(C)(C)C)noc3c2)c2ncccc21.Cc1ccc(OCc2noc3cc(Nc4n[nH]c5cccnc45)ccc23)cc1.Fc1cccc(OCc2noc3cc(Nc4n[nH]c5cccnc45)ccc23)c1. The van der Waals surface area contributed by atoms with E-state index in [0.29, 0.717) is 85.7 Å². The van der Waals surface area contributed by atoms with Gasteiger partial charge in [-0.25, -0.2) is 9.18 Å². The third-order valence-corrected chi connectivity index (χ3v) is 17.8. The number of aromatic nitrogens is 16. The van der Waals surface area contributed by atoms with Crippen LogP contribution in [-0.4, -0.2) is 125 Å². The highest BCUT2D eigenvalue weighted by Gasteiger charge is 2.24. The van der Waals surface area contributed by atoms with Crippen molar-refractivity contribution in [3.05, 3.63) is 229 Å². The van der Waals surface area contributed by atoms with E-state index < -0.39 is 6.09 Å². The Hall–Kier alpha value is -14.5. The van der Waals surface area contributed by atoms with Crippen LogP contribution in [0.15, 0.2) is 213 Å². The molecule has 0 spiro atoms. The molecule has 0 aliphatic heterocycles. The molecule has 6 aromatic carbocycles. The third-order valence-electron chi connectivity index (χ3n) is 17.8. The van der Waals surface area contributed by atoms with Crippen molar-refractivity contribution in [2.24, 2.45) is 10.8 Å². The Labute approximate surface area is 649 Å². The van der Waals surface area contributed by atoms with Crippen molar-refractivity contribution in [1.82, 2.24) is 85.4 Å². The minimum absolute atomic E-state index is 0.117. The number of carbonyl (C=O) groups excluding carboxylic acids is 2. The number of benzene rings is 6. The maximum Gasteiger partial charge on any atom is 0.435 e. The lowest BCUT2D eigenvalue weighted by Crippen LogP contribution is -2.27. The minimum atomic E-state index is -0.580. The van der Waals surface area contributed by atoms with Crippen LogP contribution in [0.4, 0.5) is 55.2 Å². The summed E-state index contributed by atoms with van der Waals surface area (Å²) in [7, 11) is 5.01. The van der Waals surface area contributed by atoms with Gasteiger partial charge in [-0.3, -0.25) is 34.9 Å². The van der Waals surface area contributed by atoms with E-state index in [0.717, 1.165) is 102 Å². The second-order valence-electron chi connectivity index (χ2n) is 29.5. The Kier molecular flexibility index (Phi) is 21.2. The fraction of sp³-hybridized carbons (Fsp3) is 0.205. The van der Waals surface area contributed by atoms with Crippen LogP contribution in [0.25, 0.3) is 88.0 Å². The quantitative estimate of drug-likeness (QED) is 0.0465. The Bertz CT molecular complexity index is 6480. The van der Waals surface area contributed by atoms with Gasteiger partial charge in [-0.2, -0.15) is 19.6 Å². The summed E-state index contributed by atoms with van der Waals surface area (Å²) >= 11 is 0. The Balaban J connectivity index is 0.000000120. The van der Waals surface area contributed by atoms with Crippen LogP contribution < -0.4 is 30.7 Å². The Morgan fingerprint density at radius 2 is 0.868 bits per heavy atom.